The lowest BCUT2D eigenvalue weighted by molar-refractivity contribution is 0.0985. The molecule has 1 N–H and O–H groups in total. The summed E-state index contributed by atoms with van der Waals surface area (Å²) in [6.45, 7) is 4.76. The van der Waals surface area contributed by atoms with Crippen molar-refractivity contribution >= 4 is 58.2 Å². The number of thioether (sulfide) groups is 1. The van der Waals surface area contributed by atoms with E-state index in [-0.39, 0.29) is 5.91 Å². The van der Waals surface area contributed by atoms with E-state index in [1.54, 1.807) is 36.4 Å². The Morgan fingerprint density at radius 3 is 2.77 bits per heavy atom. The molecule has 2 aliphatic rings. The van der Waals surface area contributed by atoms with Gasteiger partial charge in [0.05, 0.1) is 33.8 Å². The highest BCUT2D eigenvalue weighted by Crippen LogP contribution is 2.39. The van der Waals surface area contributed by atoms with Crippen LogP contribution in [0.2, 0.25) is 10.0 Å². The van der Waals surface area contributed by atoms with Crippen molar-refractivity contribution in [2.75, 3.05) is 36.4 Å². The lowest BCUT2D eigenvalue weighted by Crippen LogP contribution is -2.40. The van der Waals surface area contributed by atoms with E-state index >= 15 is 0 Å². The van der Waals surface area contributed by atoms with E-state index in [1.165, 1.54) is 22.9 Å². The van der Waals surface area contributed by atoms with Gasteiger partial charge in [0.25, 0.3) is 5.91 Å². The summed E-state index contributed by atoms with van der Waals surface area (Å²) in [5.74, 6) is 0.591. The first-order valence-corrected chi connectivity index (χ1v) is 13.1. The third-order valence-corrected chi connectivity index (χ3v) is 7.91. The summed E-state index contributed by atoms with van der Waals surface area (Å²) in [4.78, 5) is 26.2. The van der Waals surface area contributed by atoms with E-state index in [4.69, 9.17) is 27.9 Å². The van der Waals surface area contributed by atoms with Crippen LogP contribution in [-0.4, -0.2) is 53.0 Å². The molecule has 182 valence electrons. The van der Waals surface area contributed by atoms with Crippen molar-refractivity contribution in [3.63, 3.8) is 0 Å². The van der Waals surface area contributed by atoms with Gasteiger partial charge in [-0.05, 0) is 48.7 Å². The number of fused-ring (bicyclic) bond motifs is 2. The van der Waals surface area contributed by atoms with Crippen molar-refractivity contribution in [1.82, 2.24) is 14.9 Å². The Balaban J connectivity index is 1.34. The number of hydrogen-bond donors (Lipinski definition) is 1. The molecule has 0 aliphatic carbocycles. The van der Waals surface area contributed by atoms with Gasteiger partial charge in [-0.3, -0.25) is 14.6 Å². The molecule has 3 aromatic rings. The number of anilines is 3. The Kier molecular flexibility index (Phi) is 7.18. The Bertz CT molecular complexity index is 1250. The van der Waals surface area contributed by atoms with Crippen molar-refractivity contribution in [2.45, 2.75) is 31.0 Å². The molecule has 0 saturated heterocycles. The molecule has 7 nitrogen and oxygen atoms in total. The van der Waals surface area contributed by atoms with Crippen molar-refractivity contribution < 1.29 is 9.53 Å². The fourth-order valence-electron chi connectivity index (χ4n) is 4.43. The van der Waals surface area contributed by atoms with Crippen LogP contribution >= 0.6 is 35.0 Å². The summed E-state index contributed by atoms with van der Waals surface area (Å²) in [6.07, 6.45) is 2.57. The van der Waals surface area contributed by atoms with Gasteiger partial charge in [0, 0.05) is 38.1 Å². The van der Waals surface area contributed by atoms with Crippen molar-refractivity contribution in [3.05, 3.63) is 69.3 Å². The molecule has 0 saturated carbocycles. The van der Waals surface area contributed by atoms with Crippen LogP contribution in [0.25, 0.3) is 0 Å². The average molecular weight is 530 g/mol. The third-order valence-electron chi connectivity index (χ3n) is 6.32. The second-order valence-corrected chi connectivity index (χ2v) is 10.4. The Hall–Kier alpha value is -2.36. The Morgan fingerprint density at radius 2 is 2.00 bits per heavy atom. The van der Waals surface area contributed by atoms with E-state index in [0.717, 1.165) is 31.8 Å². The van der Waals surface area contributed by atoms with E-state index in [2.05, 4.69) is 45.3 Å². The first-order valence-electron chi connectivity index (χ1n) is 11.3. The molecular weight excluding hydrogens is 505 g/mol. The standard InChI is InChI=1S/C25H25Cl2N5O2S/c1-15-10-16-6-7-18(11-17(16)13-31(15)8-9-34-2)29-25-28-12-19-23(30-25)35-14-32(24(19)33)22-20(26)4-3-5-21(22)27/h3-7,11-12,15H,8-10,13-14H2,1-2H3,(H,28,29,30). The van der Waals surface area contributed by atoms with Crippen LogP contribution in [0.5, 0.6) is 0 Å². The summed E-state index contributed by atoms with van der Waals surface area (Å²) >= 11 is 14.1. The van der Waals surface area contributed by atoms with E-state index in [1.807, 2.05) is 0 Å². The summed E-state index contributed by atoms with van der Waals surface area (Å²) < 4.78 is 5.27. The smallest absolute Gasteiger partial charge is 0.263 e. The molecule has 1 atom stereocenters. The molecule has 1 amide bonds. The molecule has 0 radical (unpaired) electrons. The van der Waals surface area contributed by atoms with Gasteiger partial charge in [0.2, 0.25) is 5.95 Å². The van der Waals surface area contributed by atoms with E-state index in [0.29, 0.717) is 44.2 Å². The predicted molar refractivity (Wildman–Crippen MR) is 141 cm³/mol. The summed E-state index contributed by atoms with van der Waals surface area (Å²) in [7, 11) is 1.73. The topological polar surface area (TPSA) is 70.6 Å². The number of hydrogen-bond acceptors (Lipinski definition) is 7. The number of ether oxygens (including phenoxy) is 1. The molecule has 2 aromatic carbocycles. The lowest BCUT2D eigenvalue weighted by Gasteiger charge is -2.35. The molecule has 5 rings (SSSR count). The second-order valence-electron chi connectivity index (χ2n) is 8.61. The predicted octanol–water partition coefficient (Wildman–Crippen LogP) is 5.63. The molecule has 3 heterocycles. The quantitative estimate of drug-likeness (QED) is 0.415. The number of rotatable bonds is 6. The van der Waals surface area contributed by atoms with Crippen LogP contribution in [-0.2, 0) is 17.7 Å². The largest absolute Gasteiger partial charge is 0.383 e. The van der Waals surface area contributed by atoms with E-state index in [9.17, 15) is 4.79 Å². The number of nitrogens with zero attached hydrogens (tertiary/aromatic N) is 4. The molecule has 2 aliphatic heterocycles. The Labute approximate surface area is 218 Å². The third kappa shape index (κ3) is 4.99. The van der Waals surface area contributed by atoms with Gasteiger partial charge in [-0.15, -0.1) is 0 Å². The lowest BCUT2D eigenvalue weighted by atomic mass is 9.94. The number of methoxy groups -OCH3 is 1. The molecule has 10 heteroatoms. The summed E-state index contributed by atoms with van der Waals surface area (Å²) in [5, 5.41) is 4.79. The first-order chi connectivity index (χ1) is 16.9. The number of halogens is 2. The van der Waals surface area contributed by atoms with Crippen molar-refractivity contribution in [3.8, 4) is 0 Å². The van der Waals surface area contributed by atoms with Crippen LogP contribution in [0, 0.1) is 0 Å². The maximum Gasteiger partial charge on any atom is 0.263 e. The SMILES string of the molecule is COCCN1Cc2cc(Nc3ncc4c(n3)SCN(c3c(Cl)cccc3Cl)C4=O)ccc2CC1C. The molecule has 0 spiro atoms. The minimum Gasteiger partial charge on any atom is -0.383 e. The van der Waals surface area contributed by atoms with Gasteiger partial charge in [0.1, 0.15) is 5.03 Å². The maximum absolute atomic E-state index is 13.2. The van der Waals surface area contributed by atoms with Crippen LogP contribution < -0.4 is 10.2 Å². The highest BCUT2D eigenvalue weighted by Gasteiger charge is 2.30. The molecule has 0 fully saturated rings. The number of benzene rings is 2. The number of nitrogens with one attached hydrogen (secondary N) is 1. The van der Waals surface area contributed by atoms with Crippen molar-refractivity contribution in [2.24, 2.45) is 0 Å². The van der Waals surface area contributed by atoms with Gasteiger partial charge in [-0.1, -0.05) is 47.1 Å². The number of aromatic nitrogens is 2. The normalized spacial score (nSPS) is 17.8. The number of para-hydroxylation sites is 1. The fraction of sp³-hybridized carbons (Fsp3) is 0.320. The first kappa shape index (κ1) is 24.3. The zero-order chi connectivity index (χ0) is 24.5. The van der Waals surface area contributed by atoms with E-state index < -0.39 is 0 Å². The molecule has 1 aromatic heterocycles. The van der Waals surface area contributed by atoms with Gasteiger partial charge in [-0.25, -0.2) is 9.97 Å². The van der Waals surface area contributed by atoms with Gasteiger partial charge < -0.3 is 10.1 Å². The fourth-order valence-corrected chi connectivity index (χ4v) is 5.98. The molecular formula is C25H25Cl2N5O2S. The molecule has 35 heavy (non-hydrogen) atoms. The number of carbonyl (C=O) groups excluding carboxylic acids is 1. The van der Waals surface area contributed by atoms with Gasteiger partial charge in [0.15, 0.2) is 0 Å². The summed E-state index contributed by atoms with van der Waals surface area (Å²) in [6, 6.07) is 12.1. The van der Waals surface area contributed by atoms with Gasteiger partial charge in [-0.2, -0.15) is 0 Å². The highest BCUT2D eigenvalue weighted by molar-refractivity contribution is 7.99. The Morgan fingerprint density at radius 1 is 1.20 bits per heavy atom. The maximum atomic E-state index is 13.2. The molecule has 1 unspecified atom stereocenters. The second kappa shape index (κ2) is 10.3. The number of carbonyl (C=O) groups is 1. The summed E-state index contributed by atoms with van der Waals surface area (Å²) in [5.41, 5.74) is 4.50. The zero-order valence-corrected chi connectivity index (χ0v) is 21.8. The van der Waals surface area contributed by atoms with Crippen LogP contribution in [0.1, 0.15) is 28.4 Å². The molecule has 0 bridgehead atoms. The number of amides is 1. The van der Waals surface area contributed by atoms with Gasteiger partial charge >= 0.3 is 0 Å². The minimum atomic E-state index is -0.223. The zero-order valence-electron chi connectivity index (χ0n) is 19.4. The highest BCUT2D eigenvalue weighted by atomic mass is 35.5. The monoisotopic (exact) mass is 529 g/mol. The van der Waals surface area contributed by atoms with Crippen LogP contribution in [0.15, 0.2) is 47.6 Å². The average Bonchev–Trinajstić information content (AvgIpc) is 2.84. The van der Waals surface area contributed by atoms with Crippen LogP contribution in [0.3, 0.4) is 0 Å². The van der Waals surface area contributed by atoms with Crippen LogP contribution in [0.4, 0.5) is 17.3 Å². The van der Waals surface area contributed by atoms with Crippen molar-refractivity contribution in [1.29, 1.82) is 0 Å². The minimum absolute atomic E-state index is 0.223.